The van der Waals surface area contributed by atoms with Crippen LogP contribution in [0.5, 0.6) is 5.75 Å². The summed E-state index contributed by atoms with van der Waals surface area (Å²) in [5.74, 6) is 0.268. The molecule has 42 heavy (non-hydrogen) atoms. The third kappa shape index (κ3) is 5.29. The van der Waals surface area contributed by atoms with Gasteiger partial charge in [-0.05, 0) is 76.5 Å². The van der Waals surface area contributed by atoms with Crippen LogP contribution < -0.4 is 4.74 Å². The number of carbonyl (C=O) groups is 3. The molecular formula is C34H41BrN2O5. The monoisotopic (exact) mass is 636 g/mol. The molecule has 0 N–H and O–H groups in total. The summed E-state index contributed by atoms with van der Waals surface area (Å²) >= 11 is 3.60. The number of pyridine rings is 1. The van der Waals surface area contributed by atoms with Crippen molar-refractivity contribution in [3.05, 3.63) is 46.1 Å². The third-order valence-corrected chi connectivity index (χ3v) is 10.5. The van der Waals surface area contributed by atoms with Crippen LogP contribution in [-0.2, 0) is 25.5 Å². The Morgan fingerprint density at radius 2 is 2.05 bits per heavy atom. The number of Topliss-reactive ketones (excluding diaryl/α,β-unsaturated/α-hetero) is 1. The molecule has 2 aromatic rings. The van der Waals surface area contributed by atoms with Crippen molar-refractivity contribution in [3.8, 4) is 5.75 Å². The van der Waals surface area contributed by atoms with Crippen LogP contribution in [0.25, 0.3) is 10.9 Å². The quantitative estimate of drug-likeness (QED) is 0.271. The average molecular weight is 638 g/mol. The maximum atomic E-state index is 14.2. The van der Waals surface area contributed by atoms with Gasteiger partial charge in [0.1, 0.15) is 11.4 Å². The van der Waals surface area contributed by atoms with Crippen molar-refractivity contribution in [2.45, 2.75) is 96.6 Å². The van der Waals surface area contributed by atoms with Crippen LogP contribution >= 0.6 is 15.9 Å². The van der Waals surface area contributed by atoms with Crippen molar-refractivity contribution in [1.29, 1.82) is 0 Å². The van der Waals surface area contributed by atoms with Crippen molar-refractivity contribution in [2.24, 2.45) is 17.3 Å². The van der Waals surface area contributed by atoms with E-state index in [2.05, 4.69) is 34.1 Å². The van der Waals surface area contributed by atoms with E-state index >= 15 is 0 Å². The molecule has 0 bridgehead atoms. The van der Waals surface area contributed by atoms with Crippen LogP contribution in [-0.4, -0.2) is 52.3 Å². The largest absolute Gasteiger partial charge is 0.483 e. The van der Waals surface area contributed by atoms with Gasteiger partial charge < -0.3 is 14.4 Å². The van der Waals surface area contributed by atoms with Gasteiger partial charge in [-0.1, -0.05) is 47.8 Å². The molecule has 224 valence electrons. The number of aryl methyl sites for hydroxylation is 2. The number of hydrogen-bond acceptors (Lipinski definition) is 6. The first-order valence-electron chi connectivity index (χ1n) is 15.6. The molecule has 1 aromatic heterocycles. The molecule has 1 amide bonds. The van der Waals surface area contributed by atoms with E-state index < -0.39 is 17.1 Å². The highest BCUT2D eigenvalue weighted by molar-refractivity contribution is 9.10. The van der Waals surface area contributed by atoms with Crippen molar-refractivity contribution in [1.82, 2.24) is 9.88 Å². The second-order valence-corrected chi connectivity index (χ2v) is 13.9. The van der Waals surface area contributed by atoms with Crippen molar-refractivity contribution < 1.29 is 23.9 Å². The Morgan fingerprint density at radius 3 is 2.86 bits per heavy atom. The number of aromatic nitrogens is 1. The molecule has 0 unspecified atom stereocenters. The van der Waals surface area contributed by atoms with Gasteiger partial charge in [-0.3, -0.25) is 14.4 Å². The minimum absolute atomic E-state index is 0.00297. The fourth-order valence-corrected chi connectivity index (χ4v) is 7.86. The summed E-state index contributed by atoms with van der Waals surface area (Å²) in [6, 6.07) is 5.48. The van der Waals surface area contributed by atoms with Gasteiger partial charge in [0.2, 0.25) is 5.91 Å². The molecule has 1 aliphatic carbocycles. The topological polar surface area (TPSA) is 85.8 Å². The lowest BCUT2D eigenvalue weighted by Gasteiger charge is -2.36. The Bertz CT molecular complexity index is 1460. The molecule has 4 heterocycles. The zero-order chi connectivity index (χ0) is 29.6. The van der Waals surface area contributed by atoms with Gasteiger partial charge in [-0.2, -0.15) is 0 Å². The standard InChI is InChI=1S/C34H41BrN2O5/c1-4-41-32(40)34-17-23(34)11-9-7-5-6-8-10-21(2)31(39)37-20-33(18-28(37)29(38)19-34)15-14-25-26-16-24(35)12-13-27(26)36-22(3)30(25)42-33/h9,11-13,16,21,23,28H,4-8,10,14-15,17-20H2,1-3H3/b11-9-/t21-,23+,28-,33+,34+/m0/s1. The number of hydrogen-bond donors (Lipinski definition) is 0. The highest BCUT2D eigenvalue weighted by Crippen LogP contribution is 2.58. The Balaban J connectivity index is 1.33. The highest BCUT2D eigenvalue weighted by Gasteiger charge is 2.62. The van der Waals surface area contributed by atoms with Gasteiger partial charge >= 0.3 is 5.97 Å². The molecule has 1 aromatic carbocycles. The zero-order valence-corrected chi connectivity index (χ0v) is 26.5. The molecule has 1 spiro atoms. The summed E-state index contributed by atoms with van der Waals surface area (Å²) in [7, 11) is 0. The van der Waals surface area contributed by atoms with E-state index in [0.717, 1.165) is 70.9 Å². The van der Waals surface area contributed by atoms with Gasteiger partial charge in [0.15, 0.2) is 5.78 Å². The van der Waals surface area contributed by atoms with E-state index in [0.29, 0.717) is 25.8 Å². The summed E-state index contributed by atoms with van der Waals surface area (Å²) in [5, 5.41) is 1.07. The van der Waals surface area contributed by atoms with Gasteiger partial charge in [-0.25, -0.2) is 4.98 Å². The van der Waals surface area contributed by atoms with E-state index in [1.807, 2.05) is 26.0 Å². The van der Waals surface area contributed by atoms with Crippen LogP contribution in [0, 0.1) is 24.2 Å². The van der Waals surface area contributed by atoms with Gasteiger partial charge in [-0.15, -0.1) is 0 Å². The lowest BCUT2D eigenvalue weighted by Crippen LogP contribution is -2.46. The average Bonchev–Trinajstić information content (AvgIpc) is 3.54. The van der Waals surface area contributed by atoms with Crippen molar-refractivity contribution in [3.63, 3.8) is 0 Å². The summed E-state index contributed by atoms with van der Waals surface area (Å²) in [5.41, 5.74) is 1.40. The molecule has 4 aliphatic rings. The first-order valence-corrected chi connectivity index (χ1v) is 16.4. The SMILES string of the molecule is CCOC(=O)[C@]12CC(=O)[C@@H]3C[C@]4(CCc5c(c(C)nc6ccc(Br)cc56)O4)CN3C(=O)[C@@H](C)CCCCC/C=C\[C@@H]1C2. The fraction of sp³-hybridized carbons (Fsp3) is 0.588. The normalized spacial score (nSPS) is 32.3. The summed E-state index contributed by atoms with van der Waals surface area (Å²) in [6.07, 6.45) is 11.7. The van der Waals surface area contributed by atoms with Gasteiger partial charge in [0, 0.05) is 34.2 Å². The number of carbonyl (C=O) groups excluding carboxylic acids is 3. The second kappa shape index (κ2) is 11.4. The number of allylic oxidation sites excluding steroid dienone is 2. The zero-order valence-electron chi connectivity index (χ0n) is 24.9. The predicted octanol–water partition coefficient (Wildman–Crippen LogP) is 6.66. The summed E-state index contributed by atoms with van der Waals surface area (Å²) in [4.78, 5) is 48.0. The van der Waals surface area contributed by atoms with E-state index in [4.69, 9.17) is 14.5 Å². The minimum atomic E-state index is -0.827. The van der Waals surface area contributed by atoms with Crippen molar-refractivity contribution >= 4 is 44.5 Å². The first-order chi connectivity index (χ1) is 20.2. The molecule has 5 atom stereocenters. The molecule has 2 fully saturated rings. The van der Waals surface area contributed by atoms with Crippen LogP contribution in [0.4, 0.5) is 0 Å². The molecule has 1 saturated carbocycles. The molecular weight excluding hydrogens is 596 g/mol. The third-order valence-electron chi connectivity index (χ3n) is 9.98. The van der Waals surface area contributed by atoms with E-state index in [-0.39, 0.29) is 42.5 Å². The van der Waals surface area contributed by atoms with E-state index in [9.17, 15) is 14.4 Å². The number of nitrogens with zero attached hydrogens (tertiary/aromatic N) is 2. The highest BCUT2D eigenvalue weighted by atomic mass is 79.9. The van der Waals surface area contributed by atoms with Crippen LogP contribution in [0.3, 0.4) is 0 Å². The number of fused-ring (bicyclic) bond motifs is 5. The maximum absolute atomic E-state index is 14.2. The smallest absolute Gasteiger partial charge is 0.313 e. The number of ketones is 1. The van der Waals surface area contributed by atoms with Crippen LogP contribution in [0.15, 0.2) is 34.8 Å². The minimum Gasteiger partial charge on any atom is -0.483 e. The number of rotatable bonds is 2. The Kier molecular flexibility index (Phi) is 7.96. The molecule has 6 rings (SSSR count). The Hall–Kier alpha value is -2.74. The summed E-state index contributed by atoms with van der Waals surface area (Å²) < 4.78 is 13.3. The molecule has 8 heteroatoms. The number of halogens is 1. The number of ether oxygens (including phenoxy) is 2. The Morgan fingerprint density at radius 1 is 1.21 bits per heavy atom. The second-order valence-electron chi connectivity index (χ2n) is 12.9. The summed E-state index contributed by atoms with van der Waals surface area (Å²) in [6.45, 7) is 6.41. The maximum Gasteiger partial charge on any atom is 0.313 e. The Labute approximate surface area is 256 Å². The molecule has 7 nitrogen and oxygen atoms in total. The van der Waals surface area contributed by atoms with Gasteiger partial charge in [0.25, 0.3) is 0 Å². The number of benzene rings is 1. The lowest BCUT2D eigenvalue weighted by molar-refractivity contribution is -0.152. The van der Waals surface area contributed by atoms with E-state index in [1.54, 1.807) is 11.8 Å². The first kappa shape index (κ1) is 29.3. The molecule has 3 aliphatic heterocycles. The molecule has 0 radical (unpaired) electrons. The molecule has 1 saturated heterocycles. The fourth-order valence-electron chi connectivity index (χ4n) is 7.50. The van der Waals surface area contributed by atoms with Crippen LogP contribution in [0.2, 0.25) is 0 Å². The van der Waals surface area contributed by atoms with Crippen LogP contribution in [0.1, 0.15) is 82.9 Å². The van der Waals surface area contributed by atoms with Gasteiger partial charge in [0.05, 0.1) is 35.8 Å². The van der Waals surface area contributed by atoms with E-state index in [1.165, 1.54) is 0 Å². The predicted molar refractivity (Wildman–Crippen MR) is 164 cm³/mol. The van der Waals surface area contributed by atoms with Crippen molar-refractivity contribution in [2.75, 3.05) is 13.2 Å². The lowest BCUT2D eigenvalue weighted by atomic mass is 9.85. The number of esters is 1. The number of amides is 1.